The molecule has 1 amide bonds. The lowest BCUT2D eigenvalue weighted by atomic mass is 10.1. The molecule has 0 radical (unpaired) electrons. The van der Waals surface area contributed by atoms with E-state index in [2.05, 4.69) is 10.6 Å². The van der Waals surface area contributed by atoms with E-state index in [0.29, 0.717) is 28.3 Å². The molecule has 2 N–H and O–H groups in total. The highest BCUT2D eigenvalue weighted by Crippen LogP contribution is 2.28. The normalized spacial score (nSPS) is 11.0. The minimum Gasteiger partial charge on any atom is -0.497 e. The number of nitrogens with one attached hydrogen (secondary N) is 2. The van der Waals surface area contributed by atoms with Gasteiger partial charge in [0.2, 0.25) is 5.91 Å². The predicted molar refractivity (Wildman–Crippen MR) is 165 cm³/mol. The van der Waals surface area contributed by atoms with Gasteiger partial charge in [0.15, 0.2) is 0 Å². The minimum atomic E-state index is -0.697. The van der Waals surface area contributed by atoms with Crippen LogP contribution in [0.5, 0.6) is 5.75 Å². The molecule has 0 aliphatic rings. The van der Waals surface area contributed by atoms with Crippen LogP contribution in [0.1, 0.15) is 23.6 Å². The molecule has 0 aliphatic heterocycles. The van der Waals surface area contributed by atoms with Crippen LogP contribution < -0.4 is 32.2 Å². The van der Waals surface area contributed by atoms with Crippen molar-refractivity contribution in [3.8, 4) is 11.4 Å². The topological polar surface area (TPSA) is 116 Å². The molecule has 220 valence electrons. The number of carbonyl (C=O) groups is 1. The summed E-state index contributed by atoms with van der Waals surface area (Å²) in [7, 11) is 3.01. The molecule has 10 nitrogen and oxygen atoms in total. The van der Waals surface area contributed by atoms with E-state index in [4.69, 9.17) is 4.74 Å². The van der Waals surface area contributed by atoms with Crippen LogP contribution in [0.2, 0.25) is 0 Å². The SMILES string of the molecule is COc1ccc(Cn2c(=O)c3c(Nc4ccc(C)cc4F)n(C)c(=O)c(C)c3n(-c3cccc(NC(C)=O)c3)c2=O)cc1. The van der Waals surface area contributed by atoms with Gasteiger partial charge in [0, 0.05) is 25.2 Å². The molecule has 0 aliphatic carbocycles. The van der Waals surface area contributed by atoms with Crippen LogP contribution in [0.25, 0.3) is 16.6 Å². The highest BCUT2D eigenvalue weighted by molar-refractivity contribution is 5.94. The van der Waals surface area contributed by atoms with Crippen molar-refractivity contribution < 1.29 is 13.9 Å². The number of aryl methyl sites for hydroxylation is 2. The van der Waals surface area contributed by atoms with Gasteiger partial charge in [-0.1, -0.05) is 24.3 Å². The summed E-state index contributed by atoms with van der Waals surface area (Å²) in [5.41, 5.74) is 0.489. The van der Waals surface area contributed by atoms with Crippen LogP contribution in [0.3, 0.4) is 0 Å². The van der Waals surface area contributed by atoms with E-state index in [0.717, 1.165) is 4.57 Å². The average molecular weight is 584 g/mol. The number of ether oxygens (including phenoxy) is 1. The van der Waals surface area contributed by atoms with Crippen LogP contribution in [0.15, 0.2) is 81.1 Å². The van der Waals surface area contributed by atoms with Crippen LogP contribution in [0.4, 0.5) is 21.6 Å². The Balaban J connectivity index is 1.89. The number of benzene rings is 3. The van der Waals surface area contributed by atoms with Crippen molar-refractivity contribution >= 4 is 34.0 Å². The second-order valence-electron chi connectivity index (χ2n) is 10.3. The third kappa shape index (κ3) is 5.44. The van der Waals surface area contributed by atoms with E-state index in [1.807, 2.05) is 0 Å². The van der Waals surface area contributed by atoms with Gasteiger partial charge in [0.1, 0.15) is 22.8 Å². The fraction of sp³-hybridized carbons (Fsp3) is 0.188. The first-order valence-corrected chi connectivity index (χ1v) is 13.4. The third-order valence-electron chi connectivity index (χ3n) is 7.20. The van der Waals surface area contributed by atoms with Gasteiger partial charge in [-0.25, -0.2) is 9.18 Å². The molecule has 0 saturated heterocycles. The van der Waals surface area contributed by atoms with E-state index in [-0.39, 0.29) is 40.4 Å². The van der Waals surface area contributed by atoms with Crippen molar-refractivity contribution in [2.45, 2.75) is 27.3 Å². The number of rotatable bonds is 7. The molecule has 0 saturated carbocycles. The summed E-state index contributed by atoms with van der Waals surface area (Å²) in [6, 6.07) is 18.0. The maximum atomic E-state index is 15.0. The number of aromatic nitrogens is 3. The largest absolute Gasteiger partial charge is 0.497 e. The van der Waals surface area contributed by atoms with Crippen molar-refractivity contribution in [2.24, 2.45) is 7.05 Å². The number of hydrogen-bond acceptors (Lipinski definition) is 6. The van der Waals surface area contributed by atoms with Gasteiger partial charge in [0.05, 0.1) is 30.5 Å². The number of nitrogens with zero attached hydrogens (tertiary/aromatic N) is 3. The lowest BCUT2D eigenvalue weighted by molar-refractivity contribution is -0.114. The summed E-state index contributed by atoms with van der Waals surface area (Å²) in [4.78, 5) is 53.8. The zero-order valence-corrected chi connectivity index (χ0v) is 24.3. The molecule has 0 spiro atoms. The van der Waals surface area contributed by atoms with Crippen molar-refractivity contribution in [3.63, 3.8) is 0 Å². The summed E-state index contributed by atoms with van der Waals surface area (Å²) in [6.45, 7) is 4.54. The standard InChI is InChI=1S/C32H30FN5O5/c1-18-9-14-26(25(33)15-18)35-29-27-28(19(2)30(40)36(29)4)38(23-8-6-7-22(16-23)34-20(3)39)32(42)37(31(27)41)17-21-10-12-24(43-5)13-11-21/h6-16,35H,17H2,1-5H3,(H,34,39). The summed E-state index contributed by atoms with van der Waals surface area (Å²) < 4.78 is 23.8. The minimum absolute atomic E-state index is 0.0117. The highest BCUT2D eigenvalue weighted by Gasteiger charge is 2.24. The van der Waals surface area contributed by atoms with E-state index in [1.54, 1.807) is 61.5 Å². The first-order valence-electron chi connectivity index (χ1n) is 13.4. The number of anilines is 3. The Morgan fingerprint density at radius 3 is 2.33 bits per heavy atom. The first-order chi connectivity index (χ1) is 20.5. The van der Waals surface area contributed by atoms with Crippen LogP contribution in [-0.2, 0) is 18.4 Å². The van der Waals surface area contributed by atoms with E-state index >= 15 is 4.39 Å². The monoisotopic (exact) mass is 583 g/mol. The van der Waals surface area contributed by atoms with Crippen LogP contribution in [0, 0.1) is 19.7 Å². The van der Waals surface area contributed by atoms with Crippen molar-refractivity contribution in [1.82, 2.24) is 13.7 Å². The maximum Gasteiger partial charge on any atom is 0.336 e. The fourth-order valence-corrected chi connectivity index (χ4v) is 5.06. The summed E-state index contributed by atoms with van der Waals surface area (Å²) in [6.07, 6.45) is 0. The number of hydrogen-bond donors (Lipinski definition) is 2. The quantitative estimate of drug-likeness (QED) is 0.294. The Morgan fingerprint density at radius 2 is 1.67 bits per heavy atom. The molecular weight excluding hydrogens is 553 g/mol. The number of halogens is 1. The lowest BCUT2D eigenvalue weighted by Crippen LogP contribution is -2.41. The predicted octanol–water partition coefficient (Wildman–Crippen LogP) is 4.37. The molecule has 0 atom stereocenters. The fourth-order valence-electron chi connectivity index (χ4n) is 5.06. The van der Waals surface area contributed by atoms with Crippen molar-refractivity contribution in [1.29, 1.82) is 0 Å². The van der Waals surface area contributed by atoms with Crippen molar-refractivity contribution in [3.05, 3.63) is 120 Å². The van der Waals surface area contributed by atoms with Crippen LogP contribution >= 0.6 is 0 Å². The van der Waals surface area contributed by atoms with E-state index in [9.17, 15) is 19.2 Å². The maximum absolute atomic E-state index is 15.0. The van der Waals surface area contributed by atoms with E-state index in [1.165, 1.54) is 49.3 Å². The number of carbonyl (C=O) groups excluding carboxylic acids is 1. The third-order valence-corrected chi connectivity index (χ3v) is 7.20. The average Bonchev–Trinajstić information content (AvgIpc) is 2.97. The Bertz CT molecular complexity index is 2080. The number of fused-ring (bicyclic) bond motifs is 1. The van der Waals surface area contributed by atoms with Gasteiger partial charge in [0.25, 0.3) is 11.1 Å². The number of pyridine rings is 1. The summed E-state index contributed by atoms with van der Waals surface area (Å²) in [5, 5.41) is 5.65. The molecule has 11 heteroatoms. The summed E-state index contributed by atoms with van der Waals surface area (Å²) in [5.74, 6) is -0.251. The smallest absolute Gasteiger partial charge is 0.336 e. The Morgan fingerprint density at radius 1 is 0.953 bits per heavy atom. The zero-order valence-electron chi connectivity index (χ0n) is 24.3. The first kappa shape index (κ1) is 29.1. The van der Waals surface area contributed by atoms with Gasteiger partial charge in [-0.05, 0) is 67.4 Å². The highest BCUT2D eigenvalue weighted by atomic mass is 19.1. The van der Waals surface area contributed by atoms with Crippen molar-refractivity contribution in [2.75, 3.05) is 17.7 Å². The van der Waals surface area contributed by atoms with Gasteiger partial charge in [-0.15, -0.1) is 0 Å². The molecular formula is C32H30FN5O5. The number of methoxy groups -OCH3 is 1. The Kier molecular flexibility index (Phi) is 7.73. The zero-order chi connectivity index (χ0) is 31.0. The Labute approximate surface area is 245 Å². The molecule has 43 heavy (non-hydrogen) atoms. The van der Waals surface area contributed by atoms with Gasteiger partial charge in [-0.2, -0.15) is 0 Å². The second kappa shape index (κ2) is 11.4. The molecule has 0 bridgehead atoms. The molecule has 2 heterocycles. The molecule has 3 aromatic carbocycles. The Hall–Kier alpha value is -5.45. The van der Waals surface area contributed by atoms with Gasteiger partial charge >= 0.3 is 5.69 Å². The molecule has 2 aromatic heterocycles. The molecule has 5 rings (SSSR count). The summed E-state index contributed by atoms with van der Waals surface area (Å²) >= 11 is 0. The second-order valence-corrected chi connectivity index (χ2v) is 10.3. The lowest BCUT2D eigenvalue weighted by Gasteiger charge is -2.21. The van der Waals surface area contributed by atoms with E-state index < -0.39 is 22.6 Å². The molecule has 5 aromatic rings. The number of amides is 1. The van der Waals surface area contributed by atoms with Gasteiger partial charge in [-0.3, -0.25) is 28.1 Å². The molecule has 0 fully saturated rings. The van der Waals surface area contributed by atoms with Crippen LogP contribution in [-0.4, -0.2) is 26.7 Å². The molecule has 0 unspecified atom stereocenters. The van der Waals surface area contributed by atoms with Gasteiger partial charge < -0.3 is 15.4 Å².